The van der Waals surface area contributed by atoms with Crippen molar-refractivity contribution in [1.82, 2.24) is 14.5 Å². The van der Waals surface area contributed by atoms with E-state index in [2.05, 4.69) is 9.97 Å². The normalized spacial score (nSPS) is 11.8. The van der Waals surface area contributed by atoms with Gasteiger partial charge in [0.05, 0.1) is 32.7 Å². The number of benzene rings is 4. The van der Waals surface area contributed by atoms with Gasteiger partial charge in [0, 0.05) is 66.2 Å². The Labute approximate surface area is 387 Å². The van der Waals surface area contributed by atoms with Crippen molar-refractivity contribution < 1.29 is 55.6 Å². The molecule has 0 aliphatic rings. The van der Waals surface area contributed by atoms with Crippen molar-refractivity contribution in [3.8, 4) is 32.6 Å². The fourth-order valence-corrected chi connectivity index (χ4v) is 12.0. The Kier molecular flexibility index (Phi) is 14.5. The molecule has 9 nitrogen and oxygen atoms in total. The summed E-state index contributed by atoms with van der Waals surface area (Å²) in [5, 5.41) is 22.7. The molecule has 0 fully saturated rings. The van der Waals surface area contributed by atoms with Gasteiger partial charge in [-0.15, -0.1) is 57.5 Å². The third kappa shape index (κ3) is 11.5. The third-order valence-corrected chi connectivity index (χ3v) is 15.6. The van der Waals surface area contributed by atoms with Crippen LogP contribution in [0.15, 0.2) is 106 Å². The van der Waals surface area contributed by atoms with Gasteiger partial charge >= 0.3 is 24.3 Å². The SMILES string of the molecule is Cc1nc(-c2ccc(C(F)(F)F)cc2)sc1CSc1ccc(OCC(=O)O)c2ccn(C)c12.Cc1nc(-c2ccc(C(F)(F)F)cc2)sc1CSc1ccc(OCC(=O)O)c2ccsc12. The van der Waals surface area contributed by atoms with Crippen molar-refractivity contribution in [2.45, 2.75) is 47.5 Å². The van der Waals surface area contributed by atoms with Gasteiger partial charge in [0.25, 0.3) is 0 Å². The molecule has 4 aromatic carbocycles. The van der Waals surface area contributed by atoms with Gasteiger partial charge < -0.3 is 24.3 Å². The molecule has 8 rings (SSSR count). The van der Waals surface area contributed by atoms with Crippen molar-refractivity contribution in [2.75, 3.05) is 13.2 Å². The van der Waals surface area contributed by atoms with Crippen LogP contribution >= 0.6 is 57.5 Å². The van der Waals surface area contributed by atoms with Crippen LogP contribution in [0.1, 0.15) is 32.3 Å². The molecule has 0 bridgehead atoms. The fourth-order valence-electron chi connectivity index (χ4n) is 6.39. The number of rotatable bonds is 14. The molecule has 4 aromatic heterocycles. The van der Waals surface area contributed by atoms with Gasteiger partial charge in [0.2, 0.25) is 0 Å². The maximum Gasteiger partial charge on any atom is 0.416 e. The minimum Gasteiger partial charge on any atom is -0.481 e. The number of alkyl halides is 6. The lowest BCUT2D eigenvalue weighted by Crippen LogP contribution is -2.09. The molecule has 338 valence electrons. The van der Waals surface area contributed by atoms with Crippen molar-refractivity contribution >= 4 is 90.5 Å². The molecular weight excluding hydrogens is 953 g/mol. The summed E-state index contributed by atoms with van der Waals surface area (Å²) in [5.74, 6) is 0.271. The second kappa shape index (κ2) is 19.9. The number of thiazole rings is 2. The zero-order valence-electron chi connectivity index (χ0n) is 34.2. The molecule has 0 aliphatic carbocycles. The van der Waals surface area contributed by atoms with Crippen LogP contribution in [0.3, 0.4) is 0 Å². The van der Waals surface area contributed by atoms with Gasteiger partial charge in [0.1, 0.15) is 21.5 Å². The molecule has 0 amide bonds. The molecule has 0 saturated heterocycles. The zero-order valence-corrected chi connectivity index (χ0v) is 38.3. The molecule has 2 N–H and O–H groups in total. The summed E-state index contributed by atoms with van der Waals surface area (Å²) in [6.07, 6.45) is -6.83. The highest BCUT2D eigenvalue weighted by Gasteiger charge is 2.31. The zero-order chi connectivity index (χ0) is 46.6. The number of hydrogen-bond acceptors (Lipinski definition) is 11. The summed E-state index contributed by atoms with van der Waals surface area (Å²) in [6.45, 7) is 2.97. The van der Waals surface area contributed by atoms with Gasteiger partial charge in [-0.05, 0) is 79.9 Å². The van der Waals surface area contributed by atoms with Crippen LogP contribution in [0.5, 0.6) is 11.5 Å². The first-order valence-electron chi connectivity index (χ1n) is 19.2. The van der Waals surface area contributed by atoms with Crippen LogP contribution in [0.4, 0.5) is 26.3 Å². The van der Waals surface area contributed by atoms with Gasteiger partial charge in [-0.25, -0.2) is 19.6 Å². The number of halogens is 6. The molecule has 0 atom stereocenters. The molecule has 0 unspecified atom stereocenters. The maximum absolute atomic E-state index is 12.8. The van der Waals surface area contributed by atoms with E-state index >= 15 is 0 Å². The maximum atomic E-state index is 12.8. The molecule has 0 saturated carbocycles. The minimum atomic E-state index is -4.37. The van der Waals surface area contributed by atoms with Gasteiger partial charge in [-0.1, -0.05) is 24.3 Å². The summed E-state index contributed by atoms with van der Waals surface area (Å²) < 4.78 is 90.6. The Morgan fingerprint density at radius 3 is 1.58 bits per heavy atom. The number of aromatic nitrogens is 3. The Hall–Kier alpha value is -5.54. The Bertz CT molecular complexity index is 2980. The smallest absolute Gasteiger partial charge is 0.416 e. The van der Waals surface area contributed by atoms with Crippen LogP contribution < -0.4 is 9.47 Å². The van der Waals surface area contributed by atoms with E-state index in [0.717, 1.165) is 76.2 Å². The number of aliphatic carboxylic acids is 2. The van der Waals surface area contributed by atoms with E-state index in [9.17, 15) is 35.9 Å². The fraction of sp³-hybridized carbons (Fsp3) is 0.200. The van der Waals surface area contributed by atoms with E-state index in [0.29, 0.717) is 44.1 Å². The number of carboxylic acid groups (broad SMARTS) is 2. The van der Waals surface area contributed by atoms with Gasteiger partial charge in [-0.2, -0.15) is 26.3 Å². The highest BCUT2D eigenvalue weighted by atomic mass is 32.2. The van der Waals surface area contributed by atoms with Crippen molar-refractivity contribution in [3.05, 3.63) is 129 Å². The van der Waals surface area contributed by atoms with Crippen molar-refractivity contribution in [2.24, 2.45) is 7.05 Å². The standard InChI is InChI=1S/C23H19F3N2O3S2.C22H16F3NO3S3/c1-13-19(33-22(27-13)14-3-5-15(6-4-14)23(24,25)26)12-32-18-8-7-17(31-11-20(29)30)16-9-10-28(2)21(16)18;1-12-18(32-21(26-12)13-2-4-14(5-3-13)22(23,24)25)11-31-17-7-6-16(29-10-19(27)28)15-8-9-30-20(15)17/h3-10H,11-12H2,1-2H3,(H,29,30);2-9H,10-11H2,1H3,(H,27,28). The minimum absolute atomic E-state index is 0.399. The van der Waals surface area contributed by atoms with E-state index in [1.54, 1.807) is 47.0 Å². The summed E-state index contributed by atoms with van der Waals surface area (Å²) in [4.78, 5) is 34.9. The number of fused-ring (bicyclic) bond motifs is 2. The van der Waals surface area contributed by atoms with Crippen molar-refractivity contribution in [3.63, 3.8) is 0 Å². The molecule has 20 heteroatoms. The Morgan fingerprint density at radius 2 is 1.11 bits per heavy atom. The van der Waals surface area contributed by atoms with Crippen LogP contribution in [0, 0.1) is 13.8 Å². The molecule has 0 aliphatic heterocycles. The van der Waals surface area contributed by atoms with E-state index in [4.69, 9.17) is 19.7 Å². The van der Waals surface area contributed by atoms with Crippen LogP contribution in [0.25, 0.3) is 42.1 Å². The van der Waals surface area contributed by atoms with Crippen molar-refractivity contribution in [1.29, 1.82) is 0 Å². The number of hydrogen-bond donors (Lipinski definition) is 2. The van der Waals surface area contributed by atoms with Crippen LogP contribution in [-0.2, 0) is 40.5 Å². The molecular formula is C45H35F6N3O6S5. The molecule has 0 radical (unpaired) electrons. The number of ether oxygens (including phenoxy) is 2. The molecule has 0 spiro atoms. The largest absolute Gasteiger partial charge is 0.481 e. The number of thiophene rings is 1. The highest BCUT2D eigenvalue weighted by Crippen LogP contribution is 2.42. The monoisotopic (exact) mass is 987 g/mol. The third-order valence-electron chi connectivity index (χ3n) is 9.62. The highest BCUT2D eigenvalue weighted by molar-refractivity contribution is 7.99. The lowest BCUT2D eigenvalue weighted by molar-refractivity contribution is -0.140. The quantitative estimate of drug-likeness (QED) is 0.0804. The number of carbonyl (C=O) groups is 2. The Balaban J connectivity index is 0.000000194. The number of carboxylic acids is 2. The van der Waals surface area contributed by atoms with E-state index in [1.165, 1.54) is 46.9 Å². The number of thioether (sulfide) groups is 2. The van der Waals surface area contributed by atoms with E-state index < -0.39 is 48.6 Å². The van der Waals surface area contributed by atoms with Gasteiger partial charge in [0.15, 0.2) is 13.2 Å². The second-order valence-corrected chi connectivity index (χ2v) is 19.2. The number of nitrogens with zero attached hydrogens (tertiary/aromatic N) is 3. The first-order valence-corrected chi connectivity index (χ1v) is 23.6. The summed E-state index contributed by atoms with van der Waals surface area (Å²) in [7, 11) is 1.91. The second-order valence-electron chi connectivity index (χ2n) is 14.1. The van der Waals surface area contributed by atoms with E-state index in [1.807, 2.05) is 61.3 Å². The molecule has 65 heavy (non-hydrogen) atoms. The van der Waals surface area contributed by atoms with E-state index in [-0.39, 0.29) is 0 Å². The lowest BCUT2D eigenvalue weighted by Gasteiger charge is -2.10. The first-order chi connectivity index (χ1) is 30.8. The number of aryl methyl sites for hydroxylation is 3. The van der Waals surface area contributed by atoms with Gasteiger partial charge in [-0.3, -0.25) is 0 Å². The predicted octanol–water partition coefficient (Wildman–Crippen LogP) is 13.5. The molecule has 4 heterocycles. The molecule has 8 aromatic rings. The Morgan fingerprint density at radius 1 is 0.646 bits per heavy atom. The summed E-state index contributed by atoms with van der Waals surface area (Å²) in [6, 6.07) is 21.2. The lowest BCUT2D eigenvalue weighted by atomic mass is 10.1. The summed E-state index contributed by atoms with van der Waals surface area (Å²) in [5.41, 5.74) is 2.57. The van der Waals surface area contributed by atoms with Crippen LogP contribution in [0.2, 0.25) is 0 Å². The summed E-state index contributed by atoms with van der Waals surface area (Å²) >= 11 is 7.73. The predicted molar refractivity (Wildman–Crippen MR) is 245 cm³/mol. The average Bonchev–Trinajstić information content (AvgIpc) is 4.08. The average molecular weight is 988 g/mol. The topological polar surface area (TPSA) is 124 Å². The first kappa shape index (κ1) is 47.4. The van der Waals surface area contributed by atoms with Crippen LogP contribution in [-0.4, -0.2) is 49.9 Å².